The number of thiazole rings is 1. The fraction of sp³-hybridized carbons (Fsp3) is 0.345. The summed E-state index contributed by atoms with van der Waals surface area (Å²) >= 11 is 1.28. The first-order valence-electron chi connectivity index (χ1n) is 12.5. The molecule has 9 heteroatoms. The highest BCUT2D eigenvalue weighted by Crippen LogP contribution is 2.36. The van der Waals surface area contributed by atoms with Crippen LogP contribution in [0.15, 0.2) is 63.5 Å². The molecule has 1 aliphatic rings. The quantitative estimate of drug-likeness (QED) is 0.384. The van der Waals surface area contributed by atoms with E-state index in [1.54, 1.807) is 37.7 Å². The molecule has 0 N–H and O–H groups in total. The maximum atomic E-state index is 13.8. The smallest absolute Gasteiger partial charge is 0.338 e. The third kappa shape index (κ3) is 5.52. The second kappa shape index (κ2) is 11.7. The van der Waals surface area contributed by atoms with Gasteiger partial charge in [-0.05, 0) is 76.1 Å². The van der Waals surface area contributed by atoms with Crippen LogP contribution in [0.1, 0.15) is 51.8 Å². The van der Waals surface area contributed by atoms with Crippen molar-refractivity contribution in [3.8, 4) is 17.2 Å². The van der Waals surface area contributed by atoms with Gasteiger partial charge in [-0.2, -0.15) is 0 Å². The van der Waals surface area contributed by atoms with Gasteiger partial charge in [-0.1, -0.05) is 29.5 Å². The molecular weight excluding hydrogens is 504 g/mol. The molecule has 0 bridgehead atoms. The molecule has 1 aliphatic heterocycles. The van der Waals surface area contributed by atoms with Crippen LogP contribution in [0.4, 0.5) is 0 Å². The molecule has 0 unspecified atom stereocenters. The number of hydrogen-bond acceptors (Lipinski definition) is 8. The standard InChI is InChI=1S/C29H32N2O6S/c1-7-35-21-12-9-19(10-13-21)15-24-27(32)31-26(20-11-14-22(37-17(3)4)23(16-20)34-6)25(28(33)36-8-2)18(5)30-29(31)38-24/h9-17,26H,7-8H2,1-6H3/b24-15-/t26-/m0/s1. The van der Waals surface area contributed by atoms with E-state index < -0.39 is 12.0 Å². The van der Waals surface area contributed by atoms with Crippen molar-refractivity contribution in [1.29, 1.82) is 0 Å². The fourth-order valence-electron chi connectivity index (χ4n) is 4.29. The molecule has 1 atom stereocenters. The number of rotatable bonds is 9. The number of methoxy groups -OCH3 is 1. The average molecular weight is 537 g/mol. The van der Waals surface area contributed by atoms with Crippen molar-refractivity contribution in [2.75, 3.05) is 20.3 Å². The van der Waals surface area contributed by atoms with Crippen LogP contribution in [0.2, 0.25) is 0 Å². The maximum Gasteiger partial charge on any atom is 0.338 e. The second-order valence-electron chi connectivity index (χ2n) is 8.88. The lowest BCUT2D eigenvalue weighted by Gasteiger charge is -2.25. The Hall–Kier alpha value is -3.85. The molecule has 1 aromatic heterocycles. The first-order valence-corrected chi connectivity index (χ1v) is 13.4. The Morgan fingerprint density at radius 1 is 1.11 bits per heavy atom. The third-order valence-electron chi connectivity index (χ3n) is 5.87. The summed E-state index contributed by atoms with van der Waals surface area (Å²) in [4.78, 5) is 32.1. The van der Waals surface area contributed by atoms with Crippen molar-refractivity contribution >= 4 is 23.4 Å². The lowest BCUT2D eigenvalue weighted by atomic mass is 9.95. The van der Waals surface area contributed by atoms with Crippen molar-refractivity contribution in [1.82, 2.24) is 4.57 Å². The molecule has 38 heavy (non-hydrogen) atoms. The molecule has 8 nitrogen and oxygen atoms in total. The Morgan fingerprint density at radius 3 is 2.47 bits per heavy atom. The Bertz CT molecular complexity index is 1530. The lowest BCUT2D eigenvalue weighted by Crippen LogP contribution is -2.40. The molecule has 4 rings (SSSR count). The first kappa shape index (κ1) is 27.2. The molecule has 2 aromatic carbocycles. The lowest BCUT2D eigenvalue weighted by molar-refractivity contribution is -0.139. The first-order chi connectivity index (χ1) is 18.3. The molecule has 0 saturated carbocycles. The van der Waals surface area contributed by atoms with Gasteiger partial charge in [-0.15, -0.1) is 0 Å². The number of fused-ring (bicyclic) bond motifs is 1. The van der Waals surface area contributed by atoms with Gasteiger partial charge in [0.25, 0.3) is 5.56 Å². The predicted octanol–water partition coefficient (Wildman–Crippen LogP) is 3.99. The van der Waals surface area contributed by atoms with E-state index in [0.29, 0.717) is 44.3 Å². The number of hydrogen-bond donors (Lipinski definition) is 0. The van der Waals surface area contributed by atoms with Crippen molar-refractivity contribution in [3.63, 3.8) is 0 Å². The van der Waals surface area contributed by atoms with E-state index >= 15 is 0 Å². The Kier molecular flexibility index (Phi) is 8.36. The van der Waals surface area contributed by atoms with Crippen LogP contribution < -0.4 is 29.1 Å². The molecule has 0 fully saturated rings. The number of esters is 1. The minimum atomic E-state index is -0.741. The molecule has 0 aliphatic carbocycles. The van der Waals surface area contributed by atoms with E-state index in [0.717, 1.165) is 11.3 Å². The van der Waals surface area contributed by atoms with Gasteiger partial charge < -0.3 is 18.9 Å². The zero-order chi connectivity index (χ0) is 27.4. The Morgan fingerprint density at radius 2 is 1.84 bits per heavy atom. The zero-order valence-corrected chi connectivity index (χ0v) is 23.3. The molecule has 0 amide bonds. The van der Waals surface area contributed by atoms with Crippen LogP contribution in [0.3, 0.4) is 0 Å². The number of carbonyl (C=O) groups excluding carboxylic acids is 1. The van der Waals surface area contributed by atoms with E-state index in [1.165, 1.54) is 11.3 Å². The van der Waals surface area contributed by atoms with Gasteiger partial charge in [-0.3, -0.25) is 9.36 Å². The number of allylic oxidation sites excluding steroid dienone is 1. The minimum absolute atomic E-state index is 0.0488. The van der Waals surface area contributed by atoms with Crippen LogP contribution >= 0.6 is 11.3 Å². The zero-order valence-electron chi connectivity index (χ0n) is 22.4. The van der Waals surface area contributed by atoms with Crippen LogP contribution in [0.5, 0.6) is 17.2 Å². The van der Waals surface area contributed by atoms with Crippen molar-refractivity contribution in [3.05, 3.63) is 84.5 Å². The van der Waals surface area contributed by atoms with Crippen LogP contribution in [0.25, 0.3) is 6.08 Å². The van der Waals surface area contributed by atoms with Gasteiger partial charge in [0.05, 0.1) is 48.3 Å². The van der Waals surface area contributed by atoms with Crippen LogP contribution in [-0.4, -0.2) is 37.0 Å². The molecule has 200 valence electrons. The number of nitrogens with zero attached hydrogens (tertiary/aromatic N) is 2. The summed E-state index contributed by atoms with van der Waals surface area (Å²) in [6, 6.07) is 12.2. The number of benzene rings is 2. The molecule has 0 saturated heterocycles. The summed E-state index contributed by atoms with van der Waals surface area (Å²) in [5, 5.41) is 0. The monoisotopic (exact) mass is 536 g/mol. The van der Waals surface area contributed by atoms with Gasteiger partial charge in [0.1, 0.15) is 5.75 Å². The number of aromatic nitrogens is 1. The van der Waals surface area contributed by atoms with Gasteiger partial charge >= 0.3 is 5.97 Å². The van der Waals surface area contributed by atoms with Gasteiger partial charge in [0.15, 0.2) is 16.3 Å². The Labute approximate surface area is 225 Å². The normalized spacial score (nSPS) is 15.2. The Balaban J connectivity index is 1.89. The highest BCUT2D eigenvalue weighted by molar-refractivity contribution is 7.07. The largest absolute Gasteiger partial charge is 0.494 e. The van der Waals surface area contributed by atoms with Crippen LogP contribution in [0, 0.1) is 0 Å². The summed E-state index contributed by atoms with van der Waals surface area (Å²) in [5.74, 6) is 1.33. The molecular formula is C29H32N2O6S. The summed E-state index contributed by atoms with van der Waals surface area (Å²) < 4.78 is 24.4. The summed E-state index contributed by atoms with van der Waals surface area (Å²) in [6.45, 7) is 10.1. The second-order valence-corrected chi connectivity index (χ2v) is 9.89. The molecule has 0 radical (unpaired) electrons. The van der Waals surface area contributed by atoms with Gasteiger partial charge in [0, 0.05) is 0 Å². The van der Waals surface area contributed by atoms with E-state index in [4.69, 9.17) is 18.9 Å². The van der Waals surface area contributed by atoms with Gasteiger partial charge in [-0.25, -0.2) is 9.79 Å². The van der Waals surface area contributed by atoms with Crippen molar-refractivity contribution in [2.24, 2.45) is 4.99 Å². The SMILES string of the molecule is CCOC(=O)C1=C(C)N=c2s/c(=C\c3ccc(OCC)cc3)c(=O)n2[C@H]1c1ccc(OC(C)C)c(OC)c1. The average Bonchev–Trinajstić information content (AvgIpc) is 3.18. The van der Waals surface area contributed by atoms with Crippen molar-refractivity contribution < 1.29 is 23.7 Å². The topological polar surface area (TPSA) is 88.4 Å². The van der Waals surface area contributed by atoms with Gasteiger partial charge in [0.2, 0.25) is 0 Å². The summed E-state index contributed by atoms with van der Waals surface area (Å²) in [6.07, 6.45) is 1.77. The fourth-order valence-corrected chi connectivity index (χ4v) is 5.34. The number of carbonyl (C=O) groups is 1. The summed E-state index contributed by atoms with van der Waals surface area (Å²) in [7, 11) is 1.56. The molecule has 3 aromatic rings. The molecule has 2 heterocycles. The van der Waals surface area contributed by atoms with E-state index in [-0.39, 0.29) is 18.3 Å². The van der Waals surface area contributed by atoms with Crippen molar-refractivity contribution in [2.45, 2.75) is 46.8 Å². The predicted molar refractivity (Wildman–Crippen MR) is 147 cm³/mol. The van der Waals surface area contributed by atoms with Crippen LogP contribution in [-0.2, 0) is 9.53 Å². The summed E-state index contributed by atoms with van der Waals surface area (Å²) in [5.41, 5.74) is 2.11. The maximum absolute atomic E-state index is 13.8. The van der Waals surface area contributed by atoms with E-state index in [2.05, 4.69) is 4.99 Å². The van der Waals surface area contributed by atoms with E-state index in [9.17, 15) is 9.59 Å². The van der Waals surface area contributed by atoms with E-state index in [1.807, 2.05) is 57.2 Å². The highest BCUT2D eigenvalue weighted by atomic mass is 32.1. The molecule has 0 spiro atoms. The highest BCUT2D eigenvalue weighted by Gasteiger charge is 2.34. The number of ether oxygens (including phenoxy) is 4. The third-order valence-corrected chi connectivity index (χ3v) is 6.85. The minimum Gasteiger partial charge on any atom is -0.494 e.